The Kier molecular flexibility index (Phi) is 5.95. The predicted octanol–water partition coefficient (Wildman–Crippen LogP) is 5.34. The van der Waals surface area contributed by atoms with E-state index in [2.05, 4.69) is 20.5 Å². The molecular formula is C30H20N6O2. The highest BCUT2D eigenvalue weighted by Crippen LogP contribution is 2.23. The highest BCUT2D eigenvalue weighted by atomic mass is 16.2. The standard InChI is InChI=1S/C30H20N6O2/c37-28(21-7-2-1-3-8-21)24-10-4-5-11-25(24)30(38)32-23-14-12-20(13-15-23)26-16-17-27-33-34-29(36(27)35-26)22-9-6-18-31-19-22/h1-19H,(H,32,38). The van der Waals surface area contributed by atoms with Gasteiger partial charge >= 0.3 is 0 Å². The maximum atomic E-state index is 13.1. The first kappa shape index (κ1) is 22.9. The number of carbonyl (C=O) groups is 2. The first-order chi connectivity index (χ1) is 18.7. The van der Waals surface area contributed by atoms with Crippen LogP contribution in [0.25, 0.3) is 28.3 Å². The summed E-state index contributed by atoms with van der Waals surface area (Å²) in [6.45, 7) is 0. The molecule has 0 aliphatic heterocycles. The monoisotopic (exact) mass is 496 g/mol. The van der Waals surface area contributed by atoms with Crippen molar-refractivity contribution in [2.24, 2.45) is 0 Å². The number of hydrogen-bond acceptors (Lipinski definition) is 6. The van der Waals surface area contributed by atoms with Crippen molar-refractivity contribution in [2.45, 2.75) is 0 Å². The van der Waals surface area contributed by atoms with E-state index < -0.39 is 0 Å². The minimum atomic E-state index is -0.359. The third-order valence-corrected chi connectivity index (χ3v) is 6.07. The summed E-state index contributed by atoms with van der Waals surface area (Å²) in [6.07, 6.45) is 3.42. The van der Waals surface area contributed by atoms with Crippen LogP contribution in [0.1, 0.15) is 26.3 Å². The first-order valence-electron chi connectivity index (χ1n) is 11.9. The number of hydrogen-bond donors (Lipinski definition) is 1. The Labute approximate surface area is 217 Å². The lowest BCUT2D eigenvalue weighted by molar-refractivity contribution is 0.0996. The molecule has 6 rings (SSSR count). The van der Waals surface area contributed by atoms with Crippen LogP contribution in [0.15, 0.2) is 116 Å². The van der Waals surface area contributed by atoms with Crippen LogP contribution in [0.3, 0.4) is 0 Å². The lowest BCUT2D eigenvalue weighted by Crippen LogP contribution is -2.16. The molecule has 0 radical (unpaired) electrons. The zero-order chi connectivity index (χ0) is 25.9. The van der Waals surface area contributed by atoms with Gasteiger partial charge in [-0.3, -0.25) is 14.6 Å². The van der Waals surface area contributed by atoms with Crippen LogP contribution < -0.4 is 5.32 Å². The highest BCUT2D eigenvalue weighted by Gasteiger charge is 2.18. The quantitative estimate of drug-likeness (QED) is 0.313. The van der Waals surface area contributed by atoms with Gasteiger partial charge < -0.3 is 5.32 Å². The van der Waals surface area contributed by atoms with Gasteiger partial charge in [-0.25, -0.2) is 0 Å². The maximum absolute atomic E-state index is 13.1. The number of rotatable bonds is 6. The Hall–Kier alpha value is -5.50. The molecule has 0 bridgehead atoms. The van der Waals surface area contributed by atoms with Crippen molar-refractivity contribution < 1.29 is 9.59 Å². The second-order valence-corrected chi connectivity index (χ2v) is 8.53. The molecule has 38 heavy (non-hydrogen) atoms. The molecule has 8 heteroatoms. The van der Waals surface area contributed by atoms with Crippen LogP contribution in [0.5, 0.6) is 0 Å². The van der Waals surface area contributed by atoms with E-state index >= 15 is 0 Å². The van der Waals surface area contributed by atoms with E-state index in [1.54, 1.807) is 77.6 Å². The summed E-state index contributed by atoms with van der Waals surface area (Å²) in [4.78, 5) is 30.3. The van der Waals surface area contributed by atoms with Crippen LogP contribution in [0.2, 0.25) is 0 Å². The van der Waals surface area contributed by atoms with E-state index in [0.29, 0.717) is 33.8 Å². The molecule has 6 aromatic rings. The van der Waals surface area contributed by atoms with Crippen molar-refractivity contribution in [3.8, 4) is 22.6 Å². The topological polar surface area (TPSA) is 102 Å². The summed E-state index contributed by atoms with van der Waals surface area (Å²) in [7, 11) is 0. The Bertz CT molecular complexity index is 1760. The van der Waals surface area contributed by atoms with Gasteiger partial charge in [0.1, 0.15) is 0 Å². The molecule has 1 amide bonds. The van der Waals surface area contributed by atoms with Crippen molar-refractivity contribution in [1.82, 2.24) is 24.8 Å². The number of aromatic nitrogens is 5. The Morgan fingerprint density at radius 3 is 2.21 bits per heavy atom. The fraction of sp³-hybridized carbons (Fsp3) is 0. The average molecular weight is 497 g/mol. The zero-order valence-corrected chi connectivity index (χ0v) is 20.0. The van der Waals surface area contributed by atoms with Gasteiger partial charge in [-0.15, -0.1) is 10.2 Å². The van der Waals surface area contributed by atoms with E-state index in [4.69, 9.17) is 5.10 Å². The first-order valence-corrected chi connectivity index (χ1v) is 11.9. The number of nitrogens with zero attached hydrogens (tertiary/aromatic N) is 5. The molecule has 0 aliphatic rings. The van der Waals surface area contributed by atoms with Crippen LogP contribution in [0, 0.1) is 0 Å². The van der Waals surface area contributed by atoms with Gasteiger partial charge in [0.15, 0.2) is 17.3 Å². The Balaban J connectivity index is 1.24. The highest BCUT2D eigenvalue weighted by molar-refractivity contribution is 6.17. The summed E-state index contributed by atoms with van der Waals surface area (Å²) in [6, 6.07) is 30.5. The molecule has 0 aliphatic carbocycles. The number of amides is 1. The fourth-order valence-corrected chi connectivity index (χ4v) is 4.16. The summed E-state index contributed by atoms with van der Waals surface area (Å²) in [5, 5.41) is 16.1. The van der Waals surface area contributed by atoms with Gasteiger partial charge in [0.2, 0.25) is 0 Å². The average Bonchev–Trinajstić information content (AvgIpc) is 3.41. The van der Waals surface area contributed by atoms with Crippen molar-refractivity contribution >= 4 is 23.0 Å². The molecule has 3 aromatic carbocycles. The number of ketones is 1. The summed E-state index contributed by atoms with van der Waals surface area (Å²) < 4.78 is 1.68. The second-order valence-electron chi connectivity index (χ2n) is 8.53. The summed E-state index contributed by atoms with van der Waals surface area (Å²) in [5.41, 5.74) is 4.81. The smallest absolute Gasteiger partial charge is 0.256 e. The molecule has 0 saturated carbocycles. The van der Waals surface area contributed by atoms with Crippen molar-refractivity contribution in [3.63, 3.8) is 0 Å². The third kappa shape index (κ3) is 4.42. The molecular weight excluding hydrogens is 476 g/mol. The normalized spacial score (nSPS) is 10.8. The predicted molar refractivity (Wildman–Crippen MR) is 144 cm³/mol. The molecule has 3 aromatic heterocycles. The molecule has 0 saturated heterocycles. The van der Waals surface area contributed by atoms with Crippen molar-refractivity contribution in [2.75, 3.05) is 5.32 Å². The zero-order valence-electron chi connectivity index (χ0n) is 20.0. The molecule has 0 unspecified atom stereocenters. The molecule has 8 nitrogen and oxygen atoms in total. The number of pyridine rings is 1. The van der Waals surface area contributed by atoms with E-state index in [-0.39, 0.29) is 11.7 Å². The van der Waals surface area contributed by atoms with Crippen LogP contribution >= 0.6 is 0 Å². The Morgan fingerprint density at radius 1 is 0.684 bits per heavy atom. The van der Waals surface area contributed by atoms with Gasteiger partial charge in [-0.2, -0.15) is 9.61 Å². The largest absolute Gasteiger partial charge is 0.322 e. The summed E-state index contributed by atoms with van der Waals surface area (Å²) >= 11 is 0. The van der Waals surface area contributed by atoms with Crippen LogP contribution in [-0.2, 0) is 0 Å². The third-order valence-electron chi connectivity index (χ3n) is 6.07. The molecule has 3 heterocycles. The van der Waals surface area contributed by atoms with E-state index in [1.165, 1.54) is 0 Å². The second kappa shape index (κ2) is 9.87. The molecule has 0 fully saturated rings. The van der Waals surface area contributed by atoms with Gasteiger partial charge in [0.25, 0.3) is 5.91 Å². The van der Waals surface area contributed by atoms with Gasteiger partial charge in [-0.1, -0.05) is 60.7 Å². The molecule has 1 N–H and O–H groups in total. The van der Waals surface area contributed by atoms with Crippen LogP contribution in [-0.4, -0.2) is 36.5 Å². The maximum Gasteiger partial charge on any atom is 0.256 e. The molecule has 0 spiro atoms. The number of benzene rings is 3. The number of fused-ring (bicyclic) bond motifs is 1. The fourth-order valence-electron chi connectivity index (χ4n) is 4.16. The Morgan fingerprint density at radius 2 is 1.45 bits per heavy atom. The van der Waals surface area contributed by atoms with Gasteiger partial charge in [0, 0.05) is 40.3 Å². The lowest BCUT2D eigenvalue weighted by atomic mass is 9.98. The molecule has 182 valence electrons. The van der Waals surface area contributed by atoms with Gasteiger partial charge in [0.05, 0.1) is 11.3 Å². The van der Waals surface area contributed by atoms with Crippen molar-refractivity contribution in [1.29, 1.82) is 0 Å². The van der Waals surface area contributed by atoms with E-state index in [9.17, 15) is 9.59 Å². The van der Waals surface area contributed by atoms with E-state index in [1.807, 2.05) is 42.5 Å². The lowest BCUT2D eigenvalue weighted by Gasteiger charge is -2.10. The number of anilines is 1. The number of nitrogens with one attached hydrogen (secondary N) is 1. The van der Waals surface area contributed by atoms with Gasteiger partial charge in [-0.05, 0) is 42.5 Å². The molecule has 0 atom stereocenters. The summed E-state index contributed by atoms with van der Waals surface area (Å²) in [5.74, 6) is 0.0399. The van der Waals surface area contributed by atoms with Crippen LogP contribution in [0.4, 0.5) is 5.69 Å². The SMILES string of the molecule is O=C(Nc1ccc(-c2ccc3nnc(-c4cccnc4)n3n2)cc1)c1ccccc1C(=O)c1ccccc1. The minimum absolute atomic E-state index is 0.201. The van der Waals surface area contributed by atoms with Crippen molar-refractivity contribution in [3.05, 3.63) is 132 Å². The minimum Gasteiger partial charge on any atom is -0.322 e. The number of carbonyl (C=O) groups excluding carboxylic acids is 2. The van der Waals surface area contributed by atoms with E-state index in [0.717, 1.165) is 16.8 Å².